The van der Waals surface area contributed by atoms with Crippen LogP contribution in [-0.2, 0) is 4.79 Å². The van der Waals surface area contributed by atoms with Gasteiger partial charge in [0.05, 0.1) is 18.7 Å². The molecular formula is C15H21ClN2O3. The zero-order chi connectivity index (χ0) is 16.0. The van der Waals surface area contributed by atoms with E-state index in [1.54, 1.807) is 25.2 Å². The molecule has 1 amide bonds. The summed E-state index contributed by atoms with van der Waals surface area (Å²) in [6, 6.07) is 4.95. The molecule has 1 aromatic rings. The molecule has 1 aromatic carbocycles. The van der Waals surface area contributed by atoms with Gasteiger partial charge in [0.15, 0.2) is 5.78 Å². The van der Waals surface area contributed by atoms with Crippen molar-refractivity contribution in [1.82, 2.24) is 10.2 Å². The predicted octanol–water partition coefficient (Wildman–Crippen LogP) is 1.85. The highest BCUT2D eigenvalue weighted by atomic mass is 35.5. The maximum Gasteiger partial charge on any atom is 0.223 e. The summed E-state index contributed by atoms with van der Waals surface area (Å²) in [5.41, 5.74) is 0.528. The number of ether oxygens (including phenoxy) is 1. The lowest BCUT2D eigenvalue weighted by Crippen LogP contribution is -2.36. The lowest BCUT2D eigenvalue weighted by molar-refractivity contribution is -0.124. The number of carbonyl (C=O) groups is 2. The first kappa shape index (κ1) is 17.5. The third-order valence-corrected chi connectivity index (χ3v) is 3.46. The highest BCUT2D eigenvalue weighted by molar-refractivity contribution is 6.32. The fraction of sp³-hybridized carbons (Fsp3) is 0.467. The van der Waals surface area contributed by atoms with E-state index in [1.165, 1.54) is 7.11 Å². The Bertz CT molecular complexity index is 520. The van der Waals surface area contributed by atoms with Crippen molar-refractivity contribution in [2.24, 2.45) is 5.92 Å². The number of ketones is 1. The van der Waals surface area contributed by atoms with Crippen LogP contribution in [0.4, 0.5) is 0 Å². The average Bonchev–Trinajstić information content (AvgIpc) is 2.45. The number of benzene rings is 1. The highest BCUT2D eigenvalue weighted by Crippen LogP contribution is 2.25. The lowest BCUT2D eigenvalue weighted by atomic mass is 10.1. The Hall–Kier alpha value is -1.59. The monoisotopic (exact) mass is 312 g/mol. The summed E-state index contributed by atoms with van der Waals surface area (Å²) in [5, 5.41) is 3.00. The van der Waals surface area contributed by atoms with Crippen molar-refractivity contribution in [2.45, 2.75) is 6.92 Å². The van der Waals surface area contributed by atoms with Crippen LogP contribution in [0.5, 0.6) is 5.75 Å². The number of nitrogens with zero attached hydrogens (tertiary/aromatic N) is 1. The number of methoxy groups -OCH3 is 1. The van der Waals surface area contributed by atoms with E-state index in [9.17, 15) is 9.59 Å². The molecule has 0 aliphatic carbocycles. The third-order valence-electron chi connectivity index (χ3n) is 3.17. The van der Waals surface area contributed by atoms with Gasteiger partial charge in [-0.25, -0.2) is 0 Å². The van der Waals surface area contributed by atoms with Crippen molar-refractivity contribution < 1.29 is 14.3 Å². The van der Waals surface area contributed by atoms with Gasteiger partial charge in [0.1, 0.15) is 5.75 Å². The molecule has 0 fully saturated rings. The number of halogens is 1. The van der Waals surface area contributed by atoms with Crippen LogP contribution in [0.15, 0.2) is 18.2 Å². The summed E-state index contributed by atoms with van der Waals surface area (Å²) in [7, 11) is 4.93. The molecule has 1 atom stereocenters. The van der Waals surface area contributed by atoms with Crippen LogP contribution in [0.3, 0.4) is 0 Å². The molecule has 0 bridgehead atoms. The number of likely N-dealkylation sites (N-methyl/N-ethyl adjacent to an activating group) is 1. The van der Waals surface area contributed by atoms with Gasteiger partial charge in [0.2, 0.25) is 5.91 Å². The number of Topliss-reactive ketones (excluding diaryl/α,β-unsaturated/α-hetero) is 1. The Morgan fingerprint density at radius 3 is 2.62 bits per heavy atom. The van der Waals surface area contributed by atoms with E-state index >= 15 is 0 Å². The standard InChI is InChI=1S/C15H21ClN2O3/c1-10(15(20)17-2)8-18(3)9-13(19)11-5-6-14(21-4)12(16)7-11/h5-7,10H,8-9H2,1-4H3,(H,17,20). The highest BCUT2D eigenvalue weighted by Gasteiger charge is 2.16. The molecule has 21 heavy (non-hydrogen) atoms. The normalized spacial score (nSPS) is 12.1. The van der Waals surface area contributed by atoms with E-state index < -0.39 is 0 Å². The molecule has 0 spiro atoms. The predicted molar refractivity (Wildman–Crippen MR) is 83.1 cm³/mol. The molecule has 1 N–H and O–H groups in total. The van der Waals surface area contributed by atoms with Crippen molar-refractivity contribution >= 4 is 23.3 Å². The molecule has 0 heterocycles. The lowest BCUT2D eigenvalue weighted by Gasteiger charge is -2.19. The third kappa shape index (κ3) is 5.02. The molecule has 0 saturated heterocycles. The zero-order valence-corrected chi connectivity index (χ0v) is 13.5. The maximum absolute atomic E-state index is 12.2. The summed E-state index contributed by atoms with van der Waals surface area (Å²) in [4.78, 5) is 25.5. The van der Waals surface area contributed by atoms with E-state index in [0.717, 1.165) is 0 Å². The Kier molecular flexibility index (Phi) is 6.65. The van der Waals surface area contributed by atoms with Crippen molar-refractivity contribution in [2.75, 3.05) is 34.3 Å². The number of nitrogens with one attached hydrogen (secondary N) is 1. The first-order valence-electron chi connectivity index (χ1n) is 6.66. The Morgan fingerprint density at radius 2 is 2.10 bits per heavy atom. The summed E-state index contributed by atoms with van der Waals surface area (Å²) in [6.07, 6.45) is 0. The molecule has 0 aliphatic heterocycles. The number of hydrogen-bond donors (Lipinski definition) is 1. The van der Waals surface area contributed by atoms with E-state index in [1.807, 2.05) is 18.9 Å². The summed E-state index contributed by atoms with van der Waals surface area (Å²) < 4.78 is 5.05. The van der Waals surface area contributed by atoms with E-state index in [4.69, 9.17) is 16.3 Å². The maximum atomic E-state index is 12.2. The smallest absolute Gasteiger partial charge is 0.223 e. The Balaban J connectivity index is 2.64. The van der Waals surface area contributed by atoms with Gasteiger partial charge in [-0.05, 0) is 25.2 Å². The molecule has 0 aromatic heterocycles. The largest absolute Gasteiger partial charge is 0.495 e. The van der Waals surface area contributed by atoms with Gasteiger partial charge in [-0.15, -0.1) is 0 Å². The molecule has 6 heteroatoms. The molecule has 0 aliphatic rings. The summed E-state index contributed by atoms with van der Waals surface area (Å²) in [6.45, 7) is 2.56. The number of rotatable bonds is 7. The van der Waals surface area contributed by atoms with Gasteiger partial charge in [-0.3, -0.25) is 14.5 Å². The minimum Gasteiger partial charge on any atom is -0.495 e. The average molecular weight is 313 g/mol. The summed E-state index contributed by atoms with van der Waals surface area (Å²) in [5.74, 6) is 0.273. The van der Waals surface area contributed by atoms with Gasteiger partial charge >= 0.3 is 0 Å². The van der Waals surface area contributed by atoms with E-state index in [0.29, 0.717) is 22.9 Å². The second-order valence-electron chi connectivity index (χ2n) is 4.98. The van der Waals surface area contributed by atoms with Crippen LogP contribution in [0.1, 0.15) is 17.3 Å². The summed E-state index contributed by atoms with van der Waals surface area (Å²) >= 11 is 6.01. The molecule has 0 radical (unpaired) electrons. The fourth-order valence-corrected chi connectivity index (χ4v) is 2.30. The van der Waals surface area contributed by atoms with Crippen LogP contribution in [-0.4, -0.2) is 50.9 Å². The van der Waals surface area contributed by atoms with Crippen molar-refractivity contribution in [3.05, 3.63) is 28.8 Å². The van der Waals surface area contributed by atoms with Crippen molar-refractivity contribution in [1.29, 1.82) is 0 Å². The second-order valence-corrected chi connectivity index (χ2v) is 5.39. The molecule has 1 rings (SSSR count). The second kappa shape index (κ2) is 8.00. The van der Waals surface area contributed by atoms with Crippen LogP contribution in [0.25, 0.3) is 0 Å². The molecule has 1 unspecified atom stereocenters. The van der Waals surface area contributed by atoms with Crippen molar-refractivity contribution in [3.8, 4) is 5.75 Å². The van der Waals surface area contributed by atoms with E-state index in [2.05, 4.69) is 5.32 Å². The van der Waals surface area contributed by atoms with Crippen LogP contribution in [0.2, 0.25) is 5.02 Å². The molecule has 116 valence electrons. The number of amides is 1. The zero-order valence-electron chi connectivity index (χ0n) is 12.8. The van der Waals surface area contributed by atoms with Crippen LogP contribution >= 0.6 is 11.6 Å². The minimum atomic E-state index is -0.174. The first-order valence-corrected chi connectivity index (χ1v) is 7.03. The topological polar surface area (TPSA) is 58.6 Å². The SMILES string of the molecule is CNC(=O)C(C)CN(C)CC(=O)c1ccc(OC)c(Cl)c1. The van der Waals surface area contributed by atoms with Gasteiger partial charge in [-0.2, -0.15) is 0 Å². The molecule has 5 nitrogen and oxygen atoms in total. The van der Waals surface area contributed by atoms with Crippen LogP contribution in [0, 0.1) is 5.92 Å². The number of hydrogen-bond acceptors (Lipinski definition) is 4. The first-order chi connectivity index (χ1) is 9.88. The van der Waals surface area contributed by atoms with Gasteiger partial charge in [-0.1, -0.05) is 18.5 Å². The minimum absolute atomic E-state index is 0.0400. The van der Waals surface area contributed by atoms with Crippen LogP contribution < -0.4 is 10.1 Å². The van der Waals surface area contributed by atoms with E-state index in [-0.39, 0.29) is 24.2 Å². The molecular weight excluding hydrogens is 292 g/mol. The van der Waals surface area contributed by atoms with Gasteiger partial charge in [0, 0.05) is 25.1 Å². The molecule has 0 saturated carbocycles. The van der Waals surface area contributed by atoms with Gasteiger partial charge in [0.25, 0.3) is 0 Å². The fourth-order valence-electron chi connectivity index (χ4n) is 2.04. The quantitative estimate of drug-likeness (QED) is 0.781. The van der Waals surface area contributed by atoms with Crippen molar-refractivity contribution in [3.63, 3.8) is 0 Å². The van der Waals surface area contributed by atoms with Gasteiger partial charge < -0.3 is 10.1 Å². The Labute approximate surface area is 130 Å². The number of carbonyl (C=O) groups excluding carboxylic acids is 2. The Morgan fingerprint density at radius 1 is 1.43 bits per heavy atom.